The number of hydrogen-bond acceptors (Lipinski definition) is 7. The number of amides is 2. The lowest BCUT2D eigenvalue weighted by Crippen LogP contribution is -2.50. The summed E-state index contributed by atoms with van der Waals surface area (Å²) in [6.45, 7) is 3.15. The Hall–Kier alpha value is -3.05. The maximum Gasteiger partial charge on any atom is 0.406 e. The van der Waals surface area contributed by atoms with E-state index in [2.05, 4.69) is 10.1 Å². The molecule has 5 atom stereocenters. The Bertz CT molecular complexity index is 1120. The summed E-state index contributed by atoms with van der Waals surface area (Å²) in [7, 11) is 1.28. The number of morpholine rings is 1. The number of methoxy groups -OCH3 is 1. The van der Waals surface area contributed by atoms with Crippen LogP contribution in [0, 0.1) is 18.7 Å². The van der Waals surface area contributed by atoms with Crippen molar-refractivity contribution in [3.05, 3.63) is 59.4 Å². The fourth-order valence-corrected chi connectivity index (χ4v) is 5.26. The average Bonchev–Trinajstić information content (AvgIpc) is 3.25. The van der Waals surface area contributed by atoms with Gasteiger partial charge in [0.15, 0.2) is 0 Å². The summed E-state index contributed by atoms with van der Waals surface area (Å²) in [5.41, 5.74) is 8.63. The Balaban J connectivity index is 1.61. The molecular formula is C28H36FN3O6. The van der Waals surface area contributed by atoms with E-state index in [1.54, 1.807) is 17.0 Å². The highest BCUT2D eigenvalue weighted by molar-refractivity contribution is 5.79. The van der Waals surface area contributed by atoms with Crippen LogP contribution in [0.3, 0.4) is 0 Å². The molecule has 1 heterocycles. The molecule has 1 unspecified atom stereocenters. The van der Waals surface area contributed by atoms with E-state index in [9.17, 15) is 14.7 Å². The van der Waals surface area contributed by atoms with Gasteiger partial charge in [-0.1, -0.05) is 42.0 Å². The molecule has 1 saturated heterocycles. The Labute approximate surface area is 222 Å². The highest BCUT2D eigenvalue weighted by Gasteiger charge is 2.40. The third-order valence-corrected chi connectivity index (χ3v) is 7.18. The standard InChI is InChI=1S/C28H36FN3O6/c1-17-5-3-6-18(13-17)25-20(7-4-8-21(25)29)26(38-11-9-31-28(35)36-2)24-16-32(10-12-37-24)27(34)19-14-22(30)23(33)15-19/h3-8,13,19,22-24,26,33H,9-12,14-16,30H2,1-2H3,(H,31,35)/t19-,22+,23-,24?,26-/m0/s1. The highest BCUT2D eigenvalue weighted by atomic mass is 19.1. The van der Waals surface area contributed by atoms with Gasteiger partial charge in [-0.2, -0.15) is 0 Å². The predicted octanol–water partition coefficient (Wildman–Crippen LogP) is 2.54. The molecule has 0 bridgehead atoms. The van der Waals surface area contributed by atoms with Gasteiger partial charge in [0, 0.05) is 37.2 Å². The number of aliphatic hydroxyl groups excluding tert-OH is 1. The largest absolute Gasteiger partial charge is 0.453 e. The van der Waals surface area contributed by atoms with E-state index in [0.29, 0.717) is 36.1 Å². The van der Waals surface area contributed by atoms with Crippen molar-refractivity contribution in [2.24, 2.45) is 11.7 Å². The fourth-order valence-electron chi connectivity index (χ4n) is 5.26. The van der Waals surface area contributed by atoms with Crippen molar-refractivity contribution in [2.45, 2.75) is 44.1 Å². The minimum absolute atomic E-state index is 0.0745. The first-order chi connectivity index (χ1) is 18.3. The van der Waals surface area contributed by atoms with Gasteiger partial charge in [-0.3, -0.25) is 4.79 Å². The Kier molecular flexibility index (Phi) is 9.32. The van der Waals surface area contributed by atoms with E-state index in [-0.39, 0.29) is 38.1 Å². The summed E-state index contributed by atoms with van der Waals surface area (Å²) in [6, 6.07) is 12.0. The summed E-state index contributed by atoms with van der Waals surface area (Å²) < 4.78 is 32.3. The molecule has 2 aromatic rings. The smallest absolute Gasteiger partial charge is 0.406 e. The summed E-state index contributed by atoms with van der Waals surface area (Å²) in [5, 5.41) is 12.6. The quantitative estimate of drug-likeness (QED) is 0.449. The number of nitrogens with one attached hydrogen (secondary N) is 1. The zero-order chi connectivity index (χ0) is 27.2. The molecule has 2 aliphatic rings. The van der Waals surface area contributed by atoms with Gasteiger partial charge in [0.25, 0.3) is 0 Å². The van der Waals surface area contributed by atoms with Gasteiger partial charge in [0.2, 0.25) is 5.91 Å². The number of halogens is 1. The molecule has 2 fully saturated rings. The number of aryl methyl sites for hydroxylation is 1. The zero-order valence-corrected chi connectivity index (χ0v) is 21.8. The predicted molar refractivity (Wildman–Crippen MR) is 139 cm³/mol. The van der Waals surface area contributed by atoms with Crippen molar-refractivity contribution in [1.29, 1.82) is 0 Å². The molecule has 2 aromatic carbocycles. The van der Waals surface area contributed by atoms with Gasteiger partial charge in [-0.15, -0.1) is 0 Å². The molecule has 0 spiro atoms. The SMILES string of the molecule is COC(=O)NCCO[C@@H](c1cccc(F)c1-c1cccc(C)c1)C1CN(C(=O)[C@H]2C[C@@H](N)[C@@H](O)C2)CCO1. The van der Waals surface area contributed by atoms with Crippen LogP contribution in [0.15, 0.2) is 42.5 Å². The monoisotopic (exact) mass is 529 g/mol. The number of ether oxygens (including phenoxy) is 3. The molecule has 1 aliphatic heterocycles. The maximum absolute atomic E-state index is 15.3. The van der Waals surface area contributed by atoms with Crippen molar-refractivity contribution in [2.75, 3.05) is 40.0 Å². The lowest BCUT2D eigenvalue weighted by molar-refractivity contribution is -0.152. The topological polar surface area (TPSA) is 123 Å². The van der Waals surface area contributed by atoms with Crippen LogP contribution in [0.2, 0.25) is 0 Å². The summed E-state index contributed by atoms with van der Waals surface area (Å²) >= 11 is 0. The Morgan fingerprint density at radius 1 is 1.26 bits per heavy atom. The van der Waals surface area contributed by atoms with Crippen LogP contribution < -0.4 is 11.1 Å². The molecule has 1 saturated carbocycles. The number of aliphatic hydroxyl groups is 1. The number of carbonyl (C=O) groups is 2. The summed E-state index contributed by atoms with van der Waals surface area (Å²) in [4.78, 5) is 26.5. The fraction of sp³-hybridized carbons (Fsp3) is 0.500. The second-order valence-corrected chi connectivity index (χ2v) is 9.88. The van der Waals surface area contributed by atoms with Crippen molar-refractivity contribution in [3.63, 3.8) is 0 Å². The summed E-state index contributed by atoms with van der Waals surface area (Å²) in [5.74, 6) is -0.819. The number of hydrogen-bond donors (Lipinski definition) is 3. The molecule has 2 amide bonds. The molecule has 4 rings (SSSR count). The third-order valence-electron chi connectivity index (χ3n) is 7.18. The van der Waals surface area contributed by atoms with Crippen LogP contribution in [0.5, 0.6) is 0 Å². The first-order valence-electron chi connectivity index (χ1n) is 12.9. The molecule has 4 N–H and O–H groups in total. The highest BCUT2D eigenvalue weighted by Crippen LogP contribution is 2.37. The first-order valence-corrected chi connectivity index (χ1v) is 12.9. The third kappa shape index (κ3) is 6.50. The lowest BCUT2D eigenvalue weighted by atomic mass is 9.91. The minimum atomic E-state index is -0.729. The molecule has 1 aliphatic carbocycles. The van der Waals surface area contributed by atoms with Gasteiger partial charge in [-0.25, -0.2) is 9.18 Å². The Morgan fingerprint density at radius 2 is 2.05 bits per heavy atom. The lowest BCUT2D eigenvalue weighted by Gasteiger charge is -2.38. The molecule has 0 aromatic heterocycles. The first kappa shape index (κ1) is 28.0. The van der Waals surface area contributed by atoms with Crippen LogP contribution in [-0.4, -0.2) is 80.2 Å². The van der Waals surface area contributed by atoms with Crippen molar-refractivity contribution in [3.8, 4) is 11.1 Å². The van der Waals surface area contributed by atoms with E-state index < -0.39 is 36.3 Å². The van der Waals surface area contributed by atoms with Gasteiger partial charge in [0.1, 0.15) is 18.0 Å². The molecular weight excluding hydrogens is 493 g/mol. The van der Waals surface area contributed by atoms with Gasteiger partial charge >= 0.3 is 6.09 Å². The maximum atomic E-state index is 15.3. The molecule has 38 heavy (non-hydrogen) atoms. The van der Waals surface area contributed by atoms with Crippen LogP contribution in [-0.2, 0) is 19.0 Å². The van der Waals surface area contributed by atoms with Crippen molar-refractivity contribution in [1.82, 2.24) is 10.2 Å². The zero-order valence-electron chi connectivity index (χ0n) is 21.8. The molecule has 9 nitrogen and oxygen atoms in total. The molecule has 206 valence electrons. The second kappa shape index (κ2) is 12.7. The van der Waals surface area contributed by atoms with Crippen LogP contribution in [0.25, 0.3) is 11.1 Å². The molecule has 0 radical (unpaired) electrons. The van der Waals surface area contributed by atoms with E-state index in [4.69, 9.17) is 15.2 Å². The van der Waals surface area contributed by atoms with E-state index in [0.717, 1.165) is 5.56 Å². The van der Waals surface area contributed by atoms with Gasteiger partial charge < -0.3 is 35.3 Å². The number of alkyl carbamates (subject to hydrolysis) is 1. The number of carbonyl (C=O) groups excluding carboxylic acids is 2. The number of nitrogens with zero attached hydrogens (tertiary/aromatic N) is 1. The summed E-state index contributed by atoms with van der Waals surface area (Å²) in [6.07, 6.45) is -1.82. The van der Waals surface area contributed by atoms with Gasteiger partial charge in [-0.05, 0) is 37.0 Å². The minimum Gasteiger partial charge on any atom is -0.453 e. The van der Waals surface area contributed by atoms with E-state index >= 15 is 4.39 Å². The number of rotatable bonds is 8. The normalized spacial score (nSPS) is 24.2. The average molecular weight is 530 g/mol. The second-order valence-electron chi connectivity index (χ2n) is 9.88. The van der Waals surface area contributed by atoms with Crippen LogP contribution in [0.1, 0.15) is 30.1 Å². The Morgan fingerprint density at radius 3 is 2.76 bits per heavy atom. The van der Waals surface area contributed by atoms with Crippen LogP contribution >= 0.6 is 0 Å². The molecule has 10 heteroatoms. The van der Waals surface area contributed by atoms with Gasteiger partial charge in [0.05, 0.1) is 26.4 Å². The van der Waals surface area contributed by atoms with Crippen LogP contribution in [0.4, 0.5) is 9.18 Å². The van der Waals surface area contributed by atoms with E-state index in [1.165, 1.54) is 13.2 Å². The van der Waals surface area contributed by atoms with E-state index in [1.807, 2.05) is 31.2 Å². The number of benzene rings is 2. The van der Waals surface area contributed by atoms with Crippen molar-refractivity contribution < 1.29 is 33.3 Å². The van der Waals surface area contributed by atoms with Crippen molar-refractivity contribution >= 4 is 12.0 Å². The number of nitrogens with two attached hydrogens (primary N) is 1.